The standard InChI is InChI=1S/C19H18N4OS/c1-12-2-3-16-14(8-12)15-9-23(6-4-17(15)20-16)10-18-21-19(22-24-18)13-5-7-25-11-13/h2-3,5,7-8,11,20H,4,6,9-10H2,1H3. The fraction of sp³-hybridized carbons (Fsp3) is 0.263. The van der Waals surface area contributed by atoms with Gasteiger partial charge in [-0.1, -0.05) is 16.8 Å². The quantitative estimate of drug-likeness (QED) is 0.603. The number of fused-ring (bicyclic) bond motifs is 3. The number of rotatable bonds is 3. The number of thiophene rings is 1. The Morgan fingerprint density at radius 1 is 1.32 bits per heavy atom. The molecule has 25 heavy (non-hydrogen) atoms. The topological polar surface area (TPSA) is 58.0 Å². The summed E-state index contributed by atoms with van der Waals surface area (Å²) in [5, 5.41) is 9.51. The molecule has 0 saturated carbocycles. The minimum Gasteiger partial charge on any atom is -0.358 e. The molecule has 0 atom stereocenters. The molecule has 5 rings (SSSR count). The van der Waals surface area contributed by atoms with E-state index in [2.05, 4.69) is 45.1 Å². The first-order valence-electron chi connectivity index (χ1n) is 8.44. The van der Waals surface area contributed by atoms with Crippen molar-refractivity contribution in [2.75, 3.05) is 6.54 Å². The molecule has 0 unspecified atom stereocenters. The van der Waals surface area contributed by atoms with Gasteiger partial charge in [-0.25, -0.2) is 0 Å². The van der Waals surface area contributed by atoms with Crippen LogP contribution in [0.2, 0.25) is 0 Å². The van der Waals surface area contributed by atoms with Crippen LogP contribution in [0.3, 0.4) is 0 Å². The van der Waals surface area contributed by atoms with Crippen LogP contribution in [0, 0.1) is 6.92 Å². The van der Waals surface area contributed by atoms with Gasteiger partial charge in [-0.05, 0) is 36.1 Å². The smallest absolute Gasteiger partial charge is 0.241 e. The van der Waals surface area contributed by atoms with Crippen LogP contribution in [0.4, 0.5) is 0 Å². The average molecular weight is 350 g/mol. The van der Waals surface area contributed by atoms with E-state index in [-0.39, 0.29) is 0 Å². The Bertz CT molecular complexity index is 1030. The van der Waals surface area contributed by atoms with Gasteiger partial charge in [-0.15, -0.1) is 0 Å². The summed E-state index contributed by atoms with van der Waals surface area (Å²) in [6.45, 7) is 4.74. The van der Waals surface area contributed by atoms with Gasteiger partial charge in [0, 0.05) is 47.1 Å². The van der Waals surface area contributed by atoms with E-state index in [0.717, 1.165) is 25.1 Å². The van der Waals surface area contributed by atoms with Crippen molar-refractivity contribution in [1.82, 2.24) is 20.0 Å². The molecule has 6 heteroatoms. The zero-order chi connectivity index (χ0) is 16.8. The fourth-order valence-corrected chi connectivity index (χ4v) is 4.17. The number of benzene rings is 1. The summed E-state index contributed by atoms with van der Waals surface area (Å²) in [6, 6.07) is 8.63. The SMILES string of the molecule is Cc1ccc2[nH]c3c(c2c1)CN(Cc1nc(-c2ccsc2)no1)CC3. The molecule has 0 fully saturated rings. The lowest BCUT2D eigenvalue weighted by molar-refractivity contribution is 0.210. The fourth-order valence-electron chi connectivity index (χ4n) is 3.54. The Morgan fingerprint density at radius 3 is 3.16 bits per heavy atom. The number of hydrogen-bond acceptors (Lipinski definition) is 5. The summed E-state index contributed by atoms with van der Waals surface area (Å²) < 4.78 is 5.46. The molecule has 1 aliphatic heterocycles. The summed E-state index contributed by atoms with van der Waals surface area (Å²) in [5.41, 5.74) is 6.32. The number of hydrogen-bond donors (Lipinski definition) is 1. The first kappa shape index (κ1) is 14.9. The van der Waals surface area contributed by atoms with E-state index < -0.39 is 0 Å². The van der Waals surface area contributed by atoms with Crippen LogP contribution in [0.5, 0.6) is 0 Å². The second kappa shape index (κ2) is 5.82. The molecule has 4 aromatic rings. The molecule has 0 amide bonds. The van der Waals surface area contributed by atoms with Gasteiger partial charge >= 0.3 is 0 Å². The number of H-pyrrole nitrogens is 1. The lowest BCUT2D eigenvalue weighted by atomic mass is 10.0. The highest BCUT2D eigenvalue weighted by Crippen LogP contribution is 2.29. The summed E-state index contributed by atoms with van der Waals surface area (Å²) in [4.78, 5) is 10.5. The van der Waals surface area contributed by atoms with E-state index in [4.69, 9.17) is 4.52 Å². The molecule has 0 aliphatic carbocycles. The molecule has 0 saturated heterocycles. The Labute approximate surface area is 149 Å². The van der Waals surface area contributed by atoms with Crippen LogP contribution in [0.15, 0.2) is 39.5 Å². The van der Waals surface area contributed by atoms with E-state index in [1.54, 1.807) is 11.3 Å². The Hall–Kier alpha value is -2.44. The van der Waals surface area contributed by atoms with Crippen molar-refractivity contribution in [3.8, 4) is 11.4 Å². The van der Waals surface area contributed by atoms with Crippen LogP contribution >= 0.6 is 11.3 Å². The Morgan fingerprint density at radius 2 is 2.28 bits per heavy atom. The molecule has 0 spiro atoms. The van der Waals surface area contributed by atoms with Crippen molar-refractivity contribution in [3.05, 3.63) is 57.7 Å². The van der Waals surface area contributed by atoms with Crippen LogP contribution in [-0.4, -0.2) is 26.6 Å². The van der Waals surface area contributed by atoms with Crippen molar-refractivity contribution in [1.29, 1.82) is 0 Å². The van der Waals surface area contributed by atoms with Gasteiger partial charge in [0.15, 0.2) is 0 Å². The average Bonchev–Trinajstić information content (AvgIpc) is 3.34. The summed E-state index contributed by atoms with van der Waals surface area (Å²) in [7, 11) is 0. The van der Waals surface area contributed by atoms with Crippen LogP contribution in [0.25, 0.3) is 22.3 Å². The predicted molar refractivity (Wildman–Crippen MR) is 98.5 cm³/mol. The van der Waals surface area contributed by atoms with Gasteiger partial charge in [0.05, 0.1) is 6.54 Å². The third-order valence-electron chi connectivity index (χ3n) is 4.82. The molecular weight excluding hydrogens is 332 g/mol. The van der Waals surface area contributed by atoms with Gasteiger partial charge in [0.2, 0.25) is 11.7 Å². The Balaban J connectivity index is 1.39. The maximum Gasteiger partial charge on any atom is 0.241 e. The normalized spacial score (nSPS) is 14.9. The first-order chi connectivity index (χ1) is 12.3. The number of nitrogens with one attached hydrogen (secondary N) is 1. The predicted octanol–water partition coefficient (Wildman–Crippen LogP) is 4.15. The highest BCUT2D eigenvalue weighted by atomic mass is 32.1. The molecule has 0 radical (unpaired) electrons. The monoisotopic (exact) mass is 350 g/mol. The molecule has 126 valence electrons. The number of aromatic nitrogens is 3. The molecule has 1 aromatic carbocycles. The minimum absolute atomic E-state index is 0.677. The van der Waals surface area contributed by atoms with E-state index in [0.29, 0.717) is 18.3 Å². The highest BCUT2D eigenvalue weighted by Gasteiger charge is 2.22. The summed E-state index contributed by atoms with van der Waals surface area (Å²) in [6.07, 6.45) is 1.02. The molecule has 1 aliphatic rings. The van der Waals surface area contributed by atoms with E-state index in [9.17, 15) is 0 Å². The number of aromatic amines is 1. The second-order valence-corrected chi connectivity index (χ2v) is 7.40. The van der Waals surface area contributed by atoms with Crippen molar-refractivity contribution >= 4 is 22.2 Å². The van der Waals surface area contributed by atoms with E-state index in [1.165, 1.54) is 27.7 Å². The molecule has 1 N–H and O–H groups in total. The van der Waals surface area contributed by atoms with Gasteiger partial charge in [-0.2, -0.15) is 16.3 Å². The van der Waals surface area contributed by atoms with Gasteiger partial charge in [-0.3, -0.25) is 4.90 Å². The van der Waals surface area contributed by atoms with E-state index in [1.807, 2.05) is 16.8 Å². The number of nitrogens with zero attached hydrogens (tertiary/aromatic N) is 3. The minimum atomic E-state index is 0.677. The number of aryl methyl sites for hydroxylation is 1. The third kappa shape index (κ3) is 2.67. The molecular formula is C19H18N4OS. The van der Waals surface area contributed by atoms with Crippen molar-refractivity contribution in [2.45, 2.75) is 26.4 Å². The van der Waals surface area contributed by atoms with Crippen molar-refractivity contribution < 1.29 is 4.52 Å². The summed E-state index contributed by atoms with van der Waals surface area (Å²) >= 11 is 1.64. The van der Waals surface area contributed by atoms with Crippen molar-refractivity contribution in [3.63, 3.8) is 0 Å². The van der Waals surface area contributed by atoms with Gasteiger partial charge < -0.3 is 9.51 Å². The van der Waals surface area contributed by atoms with E-state index >= 15 is 0 Å². The largest absolute Gasteiger partial charge is 0.358 e. The third-order valence-corrected chi connectivity index (χ3v) is 5.50. The molecule has 3 aromatic heterocycles. The molecule has 0 bridgehead atoms. The first-order valence-corrected chi connectivity index (χ1v) is 9.38. The lowest BCUT2D eigenvalue weighted by Crippen LogP contribution is -2.29. The maximum absolute atomic E-state index is 5.46. The second-order valence-electron chi connectivity index (χ2n) is 6.62. The van der Waals surface area contributed by atoms with Crippen LogP contribution in [0.1, 0.15) is 22.7 Å². The highest BCUT2D eigenvalue weighted by molar-refractivity contribution is 7.08. The van der Waals surface area contributed by atoms with Crippen LogP contribution in [-0.2, 0) is 19.5 Å². The zero-order valence-electron chi connectivity index (χ0n) is 14.0. The lowest BCUT2D eigenvalue weighted by Gasteiger charge is -2.25. The summed E-state index contributed by atoms with van der Waals surface area (Å²) in [5.74, 6) is 1.36. The van der Waals surface area contributed by atoms with Gasteiger partial charge in [0.25, 0.3) is 0 Å². The Kier molecular flexibility index (Phi) is 3.46. The van der Waals surface area contributed by atoms with Gasteiger partial charge in [0.1, 0.15) is 0 Å². The van der Waals surface area contributed by atoms with Crippen LogP contribution < -0.4 is 0 Å². The molecule has 4 heterocycles. The zero-order valence-corrected chi connectivity index (χ0v) is 14.8. The molecule has 5 nitrogen and oxygen atoms in total. The van der Waals surface area contributed by atoms with Crippen molar-refractivity contribution in [2.24, 2.45) is 0 Å². The maximum atomic E-state index is 5.46.